The predicted octanol–water partition coefficient (Wildman–Crippen LogP) is 1.71. The number of nitrogens with one attached hydrogen (secondary N) is 2. The first-order valence-corrected chi connectivity index (χ1v) is 7.35. The summed E-state index contributed by atoms with van der Waals surface area (Å²) in [6.07, 6.45) is 1.89. The zero-order valence-electron chi connectivity index (χ0n) is 12.5. The largest absolute Gasteiger partial charge is 0.480 e. The number of carboxylic acids is 1. The summed E-state index contributed by atoms with van der Waals surface area (Å²) in [6.45, 7) is 5.06. The molecule has 1 atom stereocenters. The van der Waals surface area contributed by atoms with Crippen LogP contribution in [0.25, 0.3) is 0 Å². The summed E-state index contributed by atoms with van der Waals surface area (Å²) in [5, 5.41) is 15.3. The number of carbonyl (C=O) groups is 2. The Bertz CT molecular complexity index is 556. The molecule has 0 aromatic heterocycles. The summed E-state index contributed by atoms with van der Waals surface area (Å²) in [7, 11) is 0. The topological polar surface area (TPSA) is 78.4 Å². The van der Waals surface area contributed by atoms with Crippen molar-refractivity contribution in [2.24, 2.45) is 0 Å². The molecule has 1 aliphatic rings. The smallest absolute Gasteiger partial charge is 0.329 e. The third-order valence-electron chi connectivity index (χ3n) is 4.00. The number of carboxylic acid groups (broad SMARTS) is 1. The fourth-order valence-electron chi connectivity index (χ4n) is 2.79. The predicted molar refractivity (Wildman–Crippen MR) is 80.3 cm³/mol. The molecule has 1 aromatic rings. The lowest BCUT2D eigenvalue weighted by Crippen LogP contribution is -2.52. The standard InChI is InChI=1S/C16H22N2O3/c1-3-8-16(2,15(20)21)18-14(19)13-6-4-5-11-10-17-9-7-12(11)13/h4-6,17H,3,7-10H2,1-2H3,(H,18,19)(H,20,21). The zero-order valence-corrected chi connectivity index (χ0v) is 12.5. The molecule has 114 valence electrons. The van der Waals surface area contributed by atoms with Crippen molar-refractivity contribution < 1.29 is 14.7 Å². The first-order chi connectivity index (χ1) is 9.98. The van der Waals surface area contributed by atoms with E-state index < -0.39 is 11.5 Å². The van der Waals surface area contributed by atoms with Gasteiger partial charge in [0.2, 0.25) is 0 Å². The number of amides is 1. The van der Waals surface area contributed by atoms with Crippen LogP contribution in [-0.4, -0.2) is 29.1 Å². The molecule has 5 heteroatoms. The lowest BCUT2D eigenvalue weighted by molar-refractivity contribution is -0.144. The van der Waals surface area contributed by atoms with Crippen molar-refractivity contribution in [2.75, 3.05) is 6.54 Å². The van der Waals surface area contributed by atoms with Gasteiger partial charge in [0.05, 0.1) is 0 Å². The molecule has 1 heterocycles. The van der Waals surface area contributed by atoms with Gasteiger partial charge in [0.1, 0.15) is 5.54 Å². The molecular weight excluding hydrogens is 268 g/mol. The molecule has 1 amide bonds. The Labute approximate surface area is 124 Å². The van der Waals surface area contributed by atoms with Gasteiger partial charge in [-0.25, -0.2) is 4.79 Å². The summed E-state index contributed by atoms with van der Waals surface area (Å²) in [4.78, 5) is 24.0. The molecule has 1 aliphatic heterocycles. The van der Waals surface area contributed by atoms with E-state index in [2.05, 4.69) is 10.6 Å². The summed E-state index contributed by atoms with van der Waals surface area (Å²) in [5.74, 6) is -1.30. The van der Waals surface area contributed by atoms with Gasteiger partial charge in [-0.1, -0.05) is 25.5 Å². The number of aliphatic carboxylic acids is 1. The van der Waals surface area contributed by atoms with Crippen LogP contribution in [0.1, 0.15) is 48.2 Å². The van der Waals surface area contributed by atoms with Crippen LogP contribution in [0.4, 0.5) is 0 Å². The zero-order chi connectivity index (χ0) is 15.5. The van der Waals surface area contributed by atoms with E-state index in [1.807, 2.05) is 19.1 Å². The van der Waals surface area contributed by atoms with Crippen LogP contribution in [0.15, 0.2) is 18.2 Å². The number of rotatable bonds is 5. The Kier molecular flexibility index (Phi) is 4.63. The molecular formula is C16H22N2O3. The molecule has 0 saturated heterocycles. The van der Waals surface area contributed by atoms with Crippen molar-refractivity contribution in [2.45, 2.75) is 45.2 Å². The Morgan fingerprint density at radius 3 is 2.86 bits per heavy atom. The molecule has 0 radical (unpaired) electrons. The van der Waals surface area contributed by atoms with Gasteiger partial charge in [0, 0.05) is 12.1 Å². The van der Waals surface area contributed by atoms with Gasteiger partial charge in [0.25, 0.3) is 5.91 Å². The van der Waals surface area contributed by atoms with Crippen LogP contribution in [0, 0.1) is 0 Å². The number of hydrogen-bond acceptors (Lipinski definition) is 3. The van der Waals surface area contributed by atoms with Crippen molar-refractivity contribution in [1.82, 2.24) is 10.6 Å². The van der Waals surface area contributed by atoms with Gasteiger partial charge in [-0.3, -0.25) is 4.79 Å². The average Bonchev–Trinajstić information content (AvgIpc) is 2.46. The second-order valence-electron chi connectivity index (χ2n) is 5.71. The first-order valence-electron chi connectivity index (χ1n) is 7.35. The summed E-state index contributed by atoms with van der Waals surface area (Å²) in [5.41, 5.74) is 1.51. The fourth-order valence-corrected chi connectivity index (χ4v) is 2.79. The average molecular weight is 290 g/mol. The van der Waals surface area contributed by atoms with E-state index in [4.69, 9.17) is 0 Å². The first kappa shape index (κ1) is 15.5. The van der Waals surface area contributed by atoms with Crippen LogP contribution in [0.3, 0.4) is 0 Å². The highest BCUT2D eigenvalue weighted by Gasteiger charge is 2.34. The molecule has 1 unspecified atom stereocenters. The molecule has 0 spiro atoms. The van der Waals surface area contributed by atoms with E-state index in [0.29, 0.717) is 18.4 Å². The van der Waals surface area contributed by atoms with Crippen LogP contribution in [0.2, 0.25) is 0 Å². The van der Waals surface area contributed by atoms with E-state index >= 15 is 0 Å². The van der Waals surface area contributed by atoms with Gasteiger partial charge in [-0.2, -0.15) is 0 Å². The Morgan fingerprint density at radius 2 is 2.19 bits per heavy atom. The molecule has 21 heavy (non-hydrogen) atoms. The quantitative estimate of drug-likeness (QED) is 0.771. The molecule has 1 aromatic carbocycles. The fraction of sp³-hybridized carbons (Fsp3) is 0.500. The molecule has 0 bridgehead atoms. The number of carbonyl (C=O) groups excluding carboxylic acids is 1. The normalized spacial score (nSPS) is 16.7. The lowest BCUT2D eigenvalue weighted by Gasteiger charge is -2.27. The third-order valence-corrected chi connectivity index (χ3v) is 4.00. The monoisotopic (exact) mass is 290 g/mol. The number of fused-ring (bicyclic) bond motifs is 1. The van der Waals surface area contributed by atoms with Crippen molar-refractivity contribution in [3.05, 3.63) is 34.9 Å². The van der Waals surface area contributed by atoms with Crippen LogP contribution >= 0.6 is 0 Å². The molecule has 3 N–H and O–H groups in total. The molecule has 2 rings (SSSR count). The summed E-state index contributed by atoms with van der Waals surface area (Å²) >= 11 is 0. The minimum absolute atomic E-state index is 0.299. The number of hydrogen-bond donors (Lipinski definition) is 3. The minimum Gasteiger partial charge on any atom is -0.480 e. The van der Waals surface area contributed by atoms with Gasteiger partial charge < -0.3 is 15.7 Å². The van der Waals surface area contributed by atoms with Crippen molar-refractivity contribution >= 4 is 11.9 Å². The highest BCUT2D eigenvalue weighted by Crippen LogP contribution is 2.20. The minimum atomic E-state index is -1.22. The SMILES string of the molecule is CCCC(C)(NC(=O)c1cccc2c1CCNC2)C(=O)O. The highest BCUT2D eigenvalue weighted by molar-refractivity contribution is 5.99. The second kappa shape index (κ2) is 6.26. The van der Waals surface area contributed by atoms with E-state index in [-0.39, 0.29) is 5.91 Å². The Morgan fingerprint density at radius 1 is 1.43 bits per heavy atom. The van der Waals surface area contributed by atoms with Crippen molar-refractivity contribution in [3.63, 3.8) is 0 Å². The number of benzene rings is 1. The maximum absolute atomic E-state index is 12.5. The Balaban J connectivity index is 2.26. The van der Waals surface area contributed by atoms with Gasteiger partial charge >= 0.3 is 5.97 Å². The molecule has 5 nitrogen and oxygen atoms in total. The molecule has 0 aliphatic carbocycles. The summed E-state index contributed by atoms with van der Waals surface area (Å²) < 4.78 is 0. The van der Waals surface area contributed by atoms with E-state index in [0.717, 1.165) is 30.6 Å². The van der Waals surface area contributed by atoms with E-state index in [1.54, 1.807) is 13.0 Å². The van der Waals surface area contributed by atoms with Gasteiger partial charge in [0.15, 0.2) is 0 Å². The van der Waals surface area contributed by atoms with Crippen LogP contribution < -0.4 is 10.6 Å². The van der Waals surface area contributed by atoms with E-state index in [9.17, 15) is 14.7 Å². The summed E-state index contributed by atoms with van der Waals surface area (Å²) in [6, 6.07) is 5.62. The van der Waals surface area contributed by atoms with Gasteiger partial charge in [-0.15, -0.1) is 0 Å². The van der Waals surface area contributed by atoms with Crippen molar-refractivity contribution in [1.29, 1.82) is 0 Å². The highest BCUT2D eigenvalue weighted by atomic mass is 16.4. The third kappa shape index (κ3) is 3.24. The molecule has 0 saturated carbocycles. The van der Waals surface area contributed by atoms with Crippen LogP contribution in [-0.2, 0) is 17.8 Å². The van der Waals surface area contributed by atoms with Crippen LogP contribution in [0.5, 0.6) is 0 Å². The second-order valence-corrected chi connectivity index (χ2v) is 5.71. The van der Waals surface area contributed by atoms with Gasteiger partial charge in [-0.05, 0) is 43.5 Å². The Hall–Kier alpha value is -1.88. The maximum Gasteiger partial charge on any atom is 0.329 e. The molecule has 0 fully saturated rings. The lowest BCUT2D eigenvalue weighted by atomic mass is 9.92. The maximum atomic E-state index is 12.5. The van der Waals surface area contributed by atoms with Crippen molar-refractivity contribution in [3.8, 4) is 0 Å². The van der Waals surface area contributed by atoms with E-state index in [1.165, 1.54) is 0 Å².